The van der Waals surface area contributed by atoms with E-state index in [1.54, 1.807) is 4.90 Å². The van der Waals surface area contributed by atoms with Crippen molar-refractivity contribution in [1.29, 1.82) is 0 Å². The van der Waals surface area contributed by atoms with Gasteiger partial charge in [-0.1, -0.05) is 12.6 Å². The summed E-state index contributed by atoms with van der Waals surface area (Å²) in [5.41, 5.74) is 0. The Morgan fingerprint density at radius 1 is 1.24 bits per heavy atom. The molecule has 25 heavy (non-hydrogen) atoms. The average molecular weight is 378 g/mol. The number of carboxylic acids is 1. The van der Waals surface area contributed by atoms with Crippen LogP contribution in [0.2, 0.25) is 0 Å². The molecule has 2 rings (SSSR count). The molecule has 1 fully saturated rings. The Morgan fingerprint density at radius 2 is 1.80 bits per heavy atom. The number of carbonyl (C=O) groups is 3. The first-order valence-electron chi connectivity index (χ1n) is 7.15. The second-order valence-corrected chi connectivity index (χ2v) is 5.96. The summed E-state index contributed by atoms with van der Waals surface area (Å²) in [6, 6.07) is 3.74. The van der Waals surface area contributed by atoms with E-state index in [-0.39, 0.29) is 11.7 Å². The predicted octanol–water partition coefficient (Wildman–Crippen LogP) is 1.89. The molecule has 0 saturated carbocycles. The number of halogens is 3. The van der Waals surface area contributed by atoms with Crippen LogP contribution in [-0.4, -0.2) is 71.5 Å². The number of carboxylic acid groups (broad SMARTS) is 1. The van der Waals surface area contributed by atoms with Crippen LogP contribution in [0, 0.1) is 0 Å². The summed E-state index contributed by atoms with van der Waals surface area (Å²) < 4.78 is 31.7. The lowest BCUT2D eigenvalue weighted by Crippen LogP contribution is -2.49. The molecule has 1 amide bonds. The van der Waals surface area contributed by atoms with Gasteiger partial charge in [-0.25, -0.2) is 4.79 Å². The number of piperazine rings is 1. The third-order valence-electron chi connectivity index (χ3n) is 3.26. The third-order valence-corrected chi connectivity index (χ3v) is 4.18. The molecule has 2 heterocycles. The minimum Gasteiger partial charge on any atom is -0.475 e. The number of hydrogen-bond acceptors (Lipinski definition) is 5. The van der Waals surface area contributed by atoms with E-state index in [4.69, 9.17) is 9.90 Å². The van der Waals surface area contributed by atoms with Crippen molar-refractivity contribution < 1.29 is 32.7 Å². The number of rotatable bonds is 4. The van der Waals surface area contributed by atoms with Crippen molar-refractivity contribution in [2.45, 2.75) is 6.18 Å². The summed E-state index contributed by atoms with van der Waals surface area (Å²) in [5, 5.41) is 9.04. The van der Waals surface area contributed by atoms with Gasteiger partial charge in [0, 0.05) is 26.2 Å². The number of nitrogens with zero attached hydrogens (tertiary/aromatic N) is 2. The predicted molar refractivity (Wildman–Crippen MR) is 85.6 cm³/mol. The van der Waals surface area contributed by atoms with Gasteiger partial charge in [0.05, 0.1) is 11.4 Å². The van der Waals surface area contributed by atoms with Crippen molar-refractivity contribution in [2.75, 3.05) is 32.7 Å². The first-order valence-corrected chi connectivity index (χ1v) is 8.03. The van der Waals surface area contributed by atoms with Gasteiger partial charge in [0.15, 0.2) is 5.78 Å². The van der Waals surface area contributed by atoms with Crippen LogP contribution in [0.5, 0.6) is 0 Å². The summed E-state index contributed by atoms with van der Waals surface area (Å²) in [7, 11) is 0. The molecule has 0 aromatic carbocycles. The maximum Gasteiger partial charge on any atom is 0.490 e. The number of carbonyl (C=O) groups excluding carboxylic acids is 2. The lowest BCUT2D eigenvalue weighted by molar-refractivity contribution is -0.192. The fourth-order valence-electron chi connectivity index (χ4n) is 1.97. The van der Waals surface area contributed by atoms with Crippen LogP contribution in [0.4, 0.5) is 13.2 Å². The molecular formula is C15H17F3N2O4S. The molecule has 10 heteroatoms. The quantitative estimate of drug-likeness (QED) is 0.640. The zero-order valence-electron chi connectivity index (χ0n) is 13.2. The number of Topliss-reactive ketones (excluding diaryl/α,β-unsaturated/α-hetero) is 1. The summed E-state index contributed by atoms with van der Waals surface area (Å²) in [5.74, 6) is -2.62. The number of amides is 1. The van der Waals surface area contributed by atoms with Gasteiger partial charge in [0.2, 0.25) is 5.91 Å². The third kappa shape index (κ3) is 7.06. The average Bonchev–Trinajstić information content (AvgIpc) is 3.09. The molecule has 1 N–H and O–H groups in total. The van der Waals surface area contributed by atoms with Crippen molar-refractivity contribution in [3.8, 4) is 0 Å². The van der Waals surface area contributed by atoms with Gasteiger partial charge < -0.3 is 10.0 Å². The van der Waals surface area contributed by atoms with Crippen molar-refractivity contribution in [3.63, 3.8) is 0 Å². The van der Waals surface area contributed by atoms with E-state index in [2.05, 4.69) is 11.5 Å². The molecule has 0 unspecified atom stereocenters. The second kappa shape index (κ2) is 9.33. The van der Waals surface area contributed by atoms with Crippen LogP contribution in [0.3, 0.4) is 0 Å². The van der Waals surface area contributed by atoms with Gasteiger partial charge in [-0.3, -0.25) is 14.5 Å². The highest BCUT2D eigenvalue weighted by Crippen LogP contribution is 2.13. The van der Waals surface area contributed by atoms with E-state index < -0.39 is 12.1 Å². The molecule has 1 saturated heterocycles. The Morgan fingerprint density at radius 3 is 2.20 bits per heavy atom. The summed E-state index contributed by atoms with van der Waals surface area (Å²) in [4.78, 5) is 36.9. The lowest BCUT2D eigenvalue weighted by Gasteiger charge is -2.33. The first-order chi connectivity index (χ1) is 11.6. The van der Waals surface area contributed by atoms with Gasteiger partial charge in [-0.05, 0) is 17.5 Å². The zero-order chi connectivity index (χ0) is 19.0. The smallest absolute Gasteiger partial charge is 0.475 e. The zero-order valence-corrected chi connectivity index (χ0v) is 14.0. The van der Waals surface area contributed by atoms with E-state index in [1.165, 1.54) is 17.4 Å². The van der Waals surface area contributed by atoms with Gasteiger partial charge in [0.1, 0.15) is 0 Å². The minimum absolute atomic E-state index is 0.0285. The highest BCUT2D eigenvalue weighted by molar-refractivity contribution is 7.12. The van der Waals surface area contributed by atoms with Crippen LogP contribution in [0.1, 0.15) is 9.67 Å². The van der Waals surface area contributed by atoms with E-state index in [1.807, 2.05) is 17.5 Å². The first kappa shape index (κ1) is 20.8. The van der Waals surface area contributed by atoms with Crippen LogP contribution in [-0.2, 0) is 9.59 Å². The second-order valence-electron chi connectivity index (χ2n) is 5.01. The Kier molecular flexibility index (Phi) is 7.78. The Balaban J connectivity index is 0.000000381. The van der Waals surface area contributed by atoms with Crippen LogP contribution in [0.25, 0.3) is 0 Å². The summed E-state index contributed by atoms with van der Waals surface area (Å²) in [6.45, 7) is 6.75. The highest BCUT2D eigenvalue weighted by Gasteiger charge is 2.38. The molecule has 1 aliphatic heterocycles. The molecular weight excluding hydrogens is 361 g/mol. The van der Waals surface area contributed by atoms with Gasteiger partial charge >= 0.3 is 12.1 Å². The van der Waals surface area contributed by atoms with Crippen LogP contribution >= 0.6 is 11.3 Å². The number of thiophene rings is 1. The van der Waals surface area contributed by atoms with Crippen molar-refractivity contribution in [3.05, 3.63) is 35.0 Å². The molecule has 138 valence electrons. The summed E-state index contributed by atoms with van der Waals surface area (Å²) in [6.07, 6.45) is -3.74. The number of ketones is 1. The molecule has 0 bridgehead atoms. The fourth-order valence-corrected chi connectivity index (χ4v) is 2.63. The molecule has 1 aliphatic rings. The number of aliphatic carboxylic acids is 1. The van der Waals surface area contributed by atoms with Gasteiger partial charge in [-0.15, -0.1) is 11.3 Å². The van der Waals surface area contributed by atoms with Crippen LogP contribution < -0.4 is 0 Å². The Labute approximate surface area is 146 Å². The monoisotopic (exact) mass is 378 g/mol. The van der Waals surface area contributed by atoms with E-state index in [0.29, 0.717) is 19.6 Å². The van der Waals surface area contributed by atoms with Gasteiger partial charge in [-0.2, -0.15) is 13.2 Å². The van der Waals surface area contributed by atoms with E-state index >= 15 is 0 Å². The standard InChI is InChI=1S/C13H16N2O2S.C2HF3O2/c1-2-13(17)15-7-5-14(6-8-15)10-11(16)12-4-3-9-18-12;3-2(4,5)1(6)7/h2-4,9H,1,5-8,10H2;(H,6,7). The molecule has 0 aliphatic carbocycles. The Hall–Kier alpha value is -2.20. The van der Waals surface area contributed by atoms with Crippen LogP contribution in [0.15, 0.2) is 30.2 Å². The molecule has 6 nitrogen and oxygen atoms in total. The fraction of sp³-hybridized carbons (Fsp3) is 0.400. The van der Waals surface area contributed by atoms with E-state index in [0.717, 1.165) is 18.0 Å². The molecule has 1 aromatic heterocycles. The highest BCUT2D eigenvalue weighted by atomic mass is 32.1. The van der Waals surface area contributed by atoms with Crippen molar-refractivity contribution in [2.24, 2.45) is 0 Å². The lowest BCUT2D eigenvalue weighted by atomic mass is 10.2. The summed E-state index contributed by atoms with van der Waals surface area (Å²) >= 11 is 1.47. The number of alkyl halides is 3. The molecule has 1 aromatic rings. The molecule has 0 atom stereocenters. The SMILES string of the molecule is C=CC(=O)N1CCN(CC(=O)c2cccs2)CC1.O=C(O)C(F)(F)F. The molecule has 0 spiro atoms. The van der Waals surface area contributed by atoms with E-state index in [9.17, 15) is 22.8 Å². The van der Waals surface area contributed by atoms with Crippen molar-refractivity contribution in [1.82, 2.24) is 9.80 Å². The number of hydrogen-bond donors (Lipinski definition) is 1. The largest absolute Gasteiger partial charge is 0.490 e. The van der Waals surface area contributed by atoms with Gasteiger partial charge in [0.25, 0.3) is 0 Å². The Bertz CT molecular complexity index is 609. The normalized spacial score (nSPS) is 15.1. The maximum atomic E-state index is 11.9. The molecule has 0 radical (unpaired) electrons. The minimum atomic E-state index is -5.08. The topological polar surface area (TPSA) is 77.9 Å². The maximum absolute atomic E-state index is 11.9. The van der Waals surface area contributed by atoms with Crippen molar-refractivity contribution >= 4 is 29.0 Å².